The number of nitrogens with two attached hydrogens (primary N) is 1. The molecule has 2 fully saturated rings. The van der Waals surface area contributed by atoms with Crippen molar-refractivity contribution in [3.63, 3.8) is 0 Å². The molecule has 0 radical (unpaired) electrons. The summed E-state index contributed by atoms with van der Waals surface area (Å²) in [6.45, 7) is 16.3. The standard InChI is InChI=1S/C18H32N2O3/c1-16(2,3)13(19)14(21)20-9-10-11(18(10,7)8)12(20)15(22)23-17(4,5)6/h10-13H,9,19H2,1-8H3/t10-,11-,12-,13+/m0/s1. The van der Waals surface area contributed by atoms with Crippen LogP contribution in [0.4, 0.5) is 0 Å². The predicted octanol–water partition coefficient (Wildman–Crippen LogP) is 2.18. The maximum Gasteiger partial charge on any atom is 0.329 e. The molecule has 2 aliphatic rings. The Bertz CT molecular complexity index is 513. The van der Waals surface area contributed by atoms with Crippen LogP contribution in [0.1, 0.15) is 55.4 Å². The molecule has 1 heterocycles. The number of hydrogen-bond donors (Lipinski definition) is 1. The van der Waals surface area contributed by atoms with E-state index in [1.54, 1.807) is 4.90 Å². The molecule has 0 aromatic rings. The van der Waals surface area contributed by atoms with Crippen molar-refractivity contribution in [3.8, 4) is 0 Å². The maximum atomic E-state index is 12.8. The van der Waals surface area contributed by atoms with Crippen LogP contribution in [-0.4, -0.2) is 41.0 Å². The molecular weight excluding hydrogens is 292 g/mol. The number of rotatable bonds is 2. The van der Waals surface area contributed by atoms with E-state index in [1.807, 2.05) is 41.5 Å². The van der Waals surface area contributed by atoms with Crippen molar-refractivity contribution < 1.29 is 14.3 Å². The number of carbonyl (C=O) groups excluding carboxylic acids is 2. The highest BCUT2D eigenvalue weighted by Crippen LogP contribution is 2.65. The van der Waals surface area contributed by atoms with Crippen LogP contribution in [0.3, 0.4) is 0 Å². The summed E-state index contributed by atoms with van der Waals surface area (Å²) in [5.74, 6) is 0.0889. The Kier molecular flexibility index (Phi) is 4.12. The molecule has 5 heteroatoms. The summed E-state index contributed by atoms with van der Waals surface area (Å²) < 4.78 is 5.58. The van der Waals surface area contributed by atoms with Crippen molar-refractivity contribution in [2.45, 2.75) is 73.1 Å². The van der Waals surface area contributed by atoms with Gasteiger partial charge in [-0.15, -0.1) is 0 Å². The Morgan fingerprint density at radius 2 is 1.70 bits per heavy atom. The molecule has 0 bridgehead atoms. The van der Waals surface area contributed by atoms with Gasteiger partial charge in [0.2, 0.25) is 5.91 Å². The molecule has 0 aromatic heterocycles. The summed E-state index contributed by atoms with van der Waals surface area (Å²) in [5, 5.41) is 0. The second-order valence-corrected chi connectivity index (χ2v) is 9.77. The zero-order valence-corrected chi connectivity index (χ0v) is 15.8. The number of ether oxygens (including phenoxy) is 1. The summed E-state index contributed by atoms with van der Waals surface area (Å²) in [6, 6.07) is -1.12. The van der Waals surface area contributed by atoms with Crippen molar-refractivity contribution in [2.24, 2.45) is 28.4 Å². The van der Waals surface area contributed by atoms with E-state index in [9.17, 15) is 9.59 Å². The van der Waals surface area contributed by atoms with Crippen molar-refractivity contribution in [3.05, 3.63) is 0 Å². The lowest BCUT2D eigenvalue weighted by Gasteiger charge is -2.36. The van der Waals surface area contributed by atoms with Crippen LogP contribution in [0.5, 0.6) is 0 Å². The van der Waals surface area contributed by atoms with Crippen LogP contribution in [0.2, 0.25) is 0 Å². The fraction of sp³-hybridized carbons (Fsp3) is 0.889. The Morgan fingerprint density at radius 3 is 2.13 bits per heavy atom. The summed E-state index contributed by atoms with van der Waals surface area (Å²) >= 11 is 0. The highest BCUT2D eigenvalue weighted by atomic mass is 16.6. The Balaban J connectivity index is 2.23. The minimum atomic E-state index is -0.618. The van der Waals surface area contributed by atoms with Crippen LogP contribution in [0.25, 0.3) is 0 Å². The first kappa shape index (κ1) is 18.2. The molecule has 4 atom stereocenters. The molecule has 1 aliphatic heterocycles. The average Bonchev–Trinajstić information content (AvgIpc) is 2.73. The molecule has 132 valence electrons. The lowest BCUT2D eigenvalue weighted by atomic mass is 9.86. The molecule has 23 heavy (non-hydrogen) atoms. The Morgan fingerprint density at radius 1 is 1.17 bits per heavy atom. The van der Waals surface area contributed by atoms with Gasteiger partial charge in [0, 0.05) is 12.5 Å². The SMILES string of the molecule is CC(C)(C)OC(=O)[C@@H]1[C@@H]2[C@H](CN1C(=O)[C@@H](N)C(C)(C)C)C2(C)C. The summed E-state index contributed by atoms with van der Waals surface area (Å²) in [7, 11) is 0. The lowest BCUT2D eigenvalue weighted by Crippen LogP contribution is -2.56. The topological polar surface area (TPSA) is 72.6 Å². The van der Waals surface area contributed by atoms with Gasteiger partial charge in [-0.3, -0.25) is 4.79 Å². The van der Waals surface area contributed by atoms with Crippen molar-refractivity contribution >= 4 is 11.9 Å². The summed E-state index contributed by atoms with van der Waals surface area (Å²) in [4.78, 5) is 27.2. The third-order valence-corrected chi connectivity index (χ3v) is 5.34. The number of likely N-dealkylation sites (tertiary alicyclic amines) is 1. The Labute approximate surface area is 139 Å². The minimum Gasteiger partial charge on any atom is -0.458 e. The smallest absolute Gasteiger partial charge is 0.329 e. The van der Waals surface area contributed by atoms with E-state index in [2.05, 4.69) is 13.8 Å². The van der Waals surface area contributed by atoms with E-state index < -0.39 is 17.7 Å². The van der Waals surface area contributed by atoms with Gasteiger partial charge in [0.25, 0.3) is 0 Å². The highest BCUT2D eigenvalue weighted by molar-refractivity contribution is 5.89. The number of piperidine rings is 1. The zero-order chi connectivity index (χ0) is 18.0. The van der Waals surface area contributed by atoms with Gasteiger partial charge in [0.15, 0.2) is 0 Å². The first-order valence-corrected chi connectivity index (χ1v) is 8.47. The van der Waals surface area contributed by atoms with E-state index in [0.29, 0.717) is 12.5 Å². The second kappa shape index (κ2) is 5.20. The molecule has 1 saturated heterocycles. The van der Waals surface area contributed by atoms with Crippen LogP contribution in [0.15, 0.2) is 0 Å². The van der Waals surface area contributed by atoms with Gasteiger partial charge >= 0.3 is 5.97 Å². The molecule has 5 nitrogen and oxygen atoms in total. The van der Waals surface area contributed by atoms with Gasteiger partial charge in [-0.1, -0.05) is 34.6 Å². The number of amides is 1. The molecule has 2 rings (SSSR count). The van der Waals surface area contributed by atoms with Gasteiger partial charge in [-0.05, 0) is 37.5 Å². The van der Waals surface area contributed by atoms with Crippen molar-refractivity contribution in [2.75, 3.05) is 6.54 Å². The lowest BCUT2D eigenvalue weighted by molar-refractivity contribution is -0.165. The van der Waals surface area contributed by atoms with Gasteiger partial charge < -0.3 is 15.4 Å². The first-order valence-electron chi connectivity index (χ1n) is 8.47. The molecule has 1 amide bonds. The predicted molar refractivity (Wildman–Crippen MR) is 89.5 cm³/mol. The number of carbonyl (C=O) groups is 2. The zero-order valence-electron chi connectivity index (χ0n) is 15.8. The number of fused-ring (bicyclic) bond motifs is 1. The summed E-state index contributed by atoms with van der Waals surface area (Å²) in [5.41, 5.74) is 5.34. The van der Waals surface area contributed by atoms with Crippen molar-refractivity contribution in [1.29, 1.82) is 0 Å². The van der Waals surface area contributed by atoms with E-state index in [4.69, 9.17) is 10.5 Å². The van der Waals surface area contributed by atoms with E-state index in [1.165, 1.54) is 0 Å². The maximum absolute atomic E-state index is 12.8. The highest BCUT2D eigenvalue weighted by Gasteiger charge is 2.70. The molecule has 2 N–H and O–H groups in total. The normalized spacial score (nSPS) is 30.7. The van der Waals surface area contributed by atoms with Gasteiger partial charge in [0.1, 0.15) is 11.6 Å². The Hall–Kier alpha value is -1.10. The third-order valence-electron chi connectivity index (χ3n) is 5.34. The van der Waals surface area contributed by atoms with Crippen LogP contribution in [0, 0.1) is 22.7 Å². The molecule has 1 saturated carbocycles. The fourth-order valence-corrected chi connectivity index (χ4v) is 3.69. The van der Waals surface area contributed by atoms with Crippen LogP contribution in [-0.2, 0) is 14.3 Å². The summed E-state index contributed by atoms with van der Waals surface area (Å²) in [6.07, 6.45) is 0. The van der Waals surface area contributed by atoms with E-state index in [0.717, 1.165) is 0 Å². The number of esters is 1. The number of hydrogen-bond acceptors (Lipinski definition) is 4. The molecule has 0 unspecified atom stereocenters. The van der Waals surface area contributed by atoms with Gasteiger partial charge in [0.05, 0.1) is 6.04 Å². The van der Waals surface area contributed by atoms with E-state index >= 15 is 0 Å². The molecule has 0 aromatic carbocycles. The first-order chi connectivity index (χ1) is 10.2. The van der Waals surface area contributed by atoms with Crippen molar-refractivity contribution in [1.82, 2.24) is 4.90 Å². The monoisotopic (exact) mass is 324 g/mol. The quantitative estimate of drug-likeness (QED) is 0.790. The molecule has 0 spiro atoms. The van der Waals surface area contributed by atoms with E-state index in [-0.39, 0.29) is 28.6 Å². The number of nitrogens with zero attached hydrogens (tertiary/aromatic N) is 1. The second-order valence-electron chi connectivity index (χ2n) is 9.77. The fourth-order valence-electron chi connectivity index (χ4n) is 3.69. The minimum absolute atomic E-state index is 0.0875. The van der Waals surface area contributed by atoms with Crippen LogP contribution >= 0.6 is 0 Å². The van der Waals surface area contributed by atoms with Gasteiger partial charge in [-0.25, -0.2) is 4.79 Å². The van der Waals surface area contributed by atoms with Crippen LogP contribution < -0.4 is 5.73 Å². The van der Waals surface area contributed by atoms with Gasteiger partial charge in [-0.2, -0.15) is 0 Å². The largest absolute Gasteiger partial charge is 0.458 e. The average molecular weight is 324 g/mol. The molecular formula is C18H32N2O3. The third kappa shape index (κ3) is 3.25. The molecule has 1 aliphatic carbocycles.